The molecule has 3 N–H and O–H groups in total. The summed E-state index contributed by atoms with van der Waals surface area (Å²) in [4.78, 5) is 4.50. The molecule has 126 valence electrons. The van der Waals surface area contributed by atoms with Crippen molar-refractivity contribution >= 4 is 5.96 Å². The second-order valence-electron chi connectivity index (χ2n) is 5.63. The van der Waals surface area contributed by atoms with Crippen LogP contribution in [0.15, 0.2) is 11.3 Å². The number of aromatic nitrogens is 3. The third-order valence-corrected chi connectivity index (χ3v) is 3.54. The fraction of sp³-hybridized carbons (Fsp3) is 0.800. The number of hydrogen-bond donors (Lipinski definition) is 3. The first-order chi connectivity index (χ1) is 10.5. The van der Waals surface area contributed by atoms with Crippen LogP contribution < -0.4 is 10.6 Å². The van der Waals surface area contributed by atoms with Gasteiger partial charge in [-0.1, -0.05) is 26.7 Å². The van der Waals surface area contributed by atoms with Crippen molar-refractivity contribution in [2.45, 2.75) is 58.6 Å². The van der Waals surface area contributed by atoms with Gasteiger partial charge in [-0.05, 0) is 19.8 Å². The van der Waals surface area contributed by atoms with E-state index in [9.17, 15) is 5.11 Å². The van der Waals surface area contributed by atoms with Crippen LogP contribution in [0.1, 0.15) is 52.3 Å². The number of nitrogens with one attached hydrogen (secondary N) is 2. The Balaban J connectivity index is 2.64. The lowest BCUT2D eigenvalue weighted by Crippen LogP contribution is -2.47. The van der Waals surface area contributed by atoms with Crippen LogP contribution in [0, 0.1) is 0 Å². The molecule has 0 radical (unpaired) electrons. The van der Waals surface area contributed by atoms with Gasteiger partial charge in [0.25, 0.3) is 0 Å². The van der Waals surface area contributed by atoms with Gasteiger partial charge in [-0.15, -0.1) is 10.2 Å². The van der Waals surface area contributed by atoms with Crippen LogP contribution in [0.5, 0.6) is 0 Å². The molecule has 0 aliphatic heterocycles. The highest BCUT2D eigenvalue weighted by atomic mass is 16.3. The van der Waals surface area contributed by atoms with Gasteiger partial charge in [0, 0.05) is 20.1 Å². The molecule has 0 aliphatic rings. The maximum Gasteiger partial charge on any atom is 0.191 e. The number of guanidine groups is 1. The fourth-order valence-corrected chi connectivity index (χ4v) is 2.42. The van der Waals surface area contributed by atoms with Gasteiger partial charge in [-0.2, -0.15) is 0 Å². The van der Waals surface area contributed by atoms with Gasteiger partial charge < -0.3 is 20.3 Å². The number of rotatable bonds is 9. The lowest BCUT2D eigenvalue weighted by Gasteiger charge is -2.28. The lowest BCUT2D eigenvalue weighted by molar-refractivity contribution is 0.0257. The molecular formula is C15H30N6O. The Labute approximate surface area is 133 Å². The van der Waals surface area contributed by atoms with Gasteiger partial charge in [0.2, 0.25) is 0 Å². The third kappa shape index (κ3) is 6.01. The lowest BCUT2D eigenvalue weighted by atomic mass is 9.93. The smallest absolute Gasteiger partial charge is 0.191 e. The molecule has 0 aliphatic carbocycles. The molecule has 0 amide bonds. The van der Waals surface area contributed by atoms with Crippen molar-refractivity contribution in [2.75, 3.05) is 13.1 Å². The number of aryl methyl sites for hydroxylation is 1. The van der Waals surface area contributed by atoms with Crippen LogP contribution in [0.4, 0.5) is 0 Å². The zero-order valence-electron chi connectivity index (χ0n) is 14.3. The van der Waals surface area contributed by atoms with E-state index in [0.717, 1.165) is 38.1 Å². The molecule has 0 aromatic carbocycles. The third-order valence-electron chi connectivity index (χ3n) is 3.54. The predicted molar refractivity (Wildman–Crippen MR) is 88.6 cm³/mol. The Morgan fingerprint density at radius 1 is 1.27 bits per heavy atom. The molecule has 1 aromatic heterocycles. The average Bonchev–Trinajstić information content (AvgIpc) is 2.88. The summed E-state index contributed by atoms with van der Waals surface area (Å²) < 4.78 is 1.84. The molecule has 7 heteroatoms. The second-order valence-corrected chi connectivity index (χ2v) is 5.63. The maximum absolute atomic E-state index is 10.7. The van der Waals surface area contributed by atoms with E-state index in [4.69, 9.17) is 0 Å². The van der Waals surface area contributed by atoms with E-state index >= 15 is 0 Å². The van der Waals surface area contributed by atoms with Crippen molar-refractivity contribution in [3.63, 3.8) is 0 Å². The molecular weight excluding hydrogens is 280 g/mol. The Hall–Kier alpha value is -1.63. The van der Waals surface area contributed by atoms with Crippen LogP contribution in [0.3, 0.4) is 0 Å². The van der Waals surface area contributed by atoms with Crippen molar-refractivity contribution in [2.24, 2.45) is 12.0 Å². The van der Waals surface area contributed by atoms with Crippen LogP contribution in [0.25, 0.3) is 0 Å². The Bertz CT molecular complexity index is 451. The zero-order chi connectivity index (χ0) is 16.4. The molecule has 0 spiro atoms. The first-order valence-electron chi connectivity index (χ1n) is 8.12. The zero-order valence-corrected chi connectivity index (χ0v) is 14.3. The number of aliphatic imine (C=N–C) groups is 1. The molecule has 0 saturated heterocycles. The SMILES string of the molecule is CCCC(O)(CCC)CNC(=NCc1nncn1C)NCC. The minimum Gasteiger partial charge on any atom is -0.388 e. The van der Waals surface area contributed by atoms with Crippen molar-refractivity contribution in [1.82, 2.24) is 25.4 Å². The van der Waals surface area contributed by atoms with E-state index in [1.165, 1.54) is 0 Å². The average molecular weight is 310 g/mol. The highest BCUT2D eigenvalue weighted by Crippen LogP contribution is 2.18. The summed E-state index contributed by atoms with van der Waals surface area (Å²) in [6.07, 6.45) is 5.16. The van der Waals surface area contributed by atoms with Crippen molar-refractivity contribution in [1.29, 1.82) is 0 Å². The van der Waals surface area contributed by atoms with Crippen LogP contribution >= 0.6 is 0 Å². The second kappa shape index (κ2) is 9.40. The molecule has 0 atom stereocenters. The van der Waals surface area contributed by atoms with E-state index < -0.39 is 5.60 Å². The number of hydrogen-bond acceptors (Lipinski definition) is 4. The normalized spacial score (nSPS) is 12.5. The van der Waals surface area contributed by atoms with Gasteiger partial charge in [0.05, 0.1) is 5.60 Å². The highest BCUT2D eigenvalue weighted by Gasteiger charge is 2.24. The molecule has 1 heterocycles. The summed E-state index contributed by atoms with van der Waals surface area (Å²) in [7, 11) is 1.90. The van der Waals surface area contributed by atoms with Gasteiger partial charge >= 0.3 is 0 Å². The highest BCUT2D eigenvalue weighted by molar-refractivity contribution is 5.79. The molecule has 0 unspecified atom stereocenters. The van der Waals surface area contributed by atoms with E-state index in [0.29, 0.717) is 19.0 Å². The summed E-state index contributed by atoms with van der Waals surface area (Å²) in [6, 6.07) is 0. The van der Waals surface area contributed by atoms with E-state index in [1.807, 2.05) is 18.5 Å². The number of aliphatic hydroxyl groups is 1. The standard InChI is InChI=1S/C15H30N6O/c1-5-8-15(22,9-6-2)11-18-14(16-7-3)17-10-13-20-19-12-21(13)4/h12,22H,5-11H2,1-4H3,(H2,16,17,18). The van der Waals surface area contributed by atoms with Gasteiger partial charge in [-0.3, -0.25) is 0 Å². The first-order valence-corrected chi connectivity index (χ1v) is 8.12. The van der Waals surface area contributed by atoms with Crippen molar-refractivity contribution < 1.29 is 5.11 Å². The summed E-state index contributed by atoms with van der Waals surface area (Å²) in [5.41, 5.74) is -0.676. The van der Waals surface area contributed by atoms with Gasteiger partial charge in [0.15, 0.2) is 11.8 Å². The minimum atomic E-state index is -0.676. The molecule has 22 heavy (non-hydrogen) atoms. The molecule has 1 aromatic rings. The van der Waals surface area contributed by atoms with E-state index in [-0.39, 0.29) is 0 Å². The maximum atomic E-state index is 10.7. The Morgan fingerprint density at radius 2 is 1.95 bits per heavy atom. The Kier molecular flexibility index (Phi) is 7.87. The van der Waals surface area contributed by atoms with Crippen LogP contribution in [-0.4, -0.2) is 44.5 Å². The van der Waals surface area contributed by atoms with Crippen LogP contribution in [0.2, 0.25) is 0 Å². The molecule has 1 rings (SSSR count). The number of nitrogens with zero attached hydrogens (tertiary/aromatic N) is 4. The van der Waals surface area contributed by atoms with Gasteiger partial charge in [0.1, 0.15) is 12.9 Å². The van der Waals surface area contributed by atoms with E-state index in [1.54, 1.807) is 6.33 Å². The summed E-state index contributed by atoms with van der Waals surface area (Å²) >= 11 is 0. The Morgan fingerprint density at radius 3 is 2.45 bits per heavy atom. The monoisotopic (exact) mass is 310 g/mol. The fourth-order valence-electron chi connectivity index (χ4n) is 2.42. The quantitative estimate of drug-likeness (QED) is 0.471. The topological polar surface area (TPSA) is 87.4 Å². The summed E-state index contributed by atoms with van der Waals surface area (Å²) in [5.74, 6) is 1.49. The van der Waals surface area contributed by atoms with Crippen molar-refractivity contribution in [3.8, 4) is 0 Å². The van der Waals surface area contributed by atoms with Gasteiger partial charge in [-0.25, -0.2) is 4.99 Å². The summed E-state index contributed by atoms with van der Waals surface area (Å²) in [6.45, 7) is 7.92. The molecule has 7 nitrogen and oxygen atoms in total. The predicted octanol–water partition coefficient (Wildman–Crippen LogP) is 1.20. The minimum absolute atomic E-state index is 0.450. The molecule has 0 saturated carbocycles. The van der Waals surface area contributed by atoms with E-state index in [2.05, 4.69) is 39.7 Å². The molecule has 0 bridgehead atoms. The molecule has 0 fully saturated rings. The summed E-state index contributed by atoms with van der Waals surface area (Å²) in [5, 5.41) is 24.9. The van der Waals surface area contributed by atoms with Crippen molar-refractivity contribution in [3.05, 3.63) is 12.2 Å². The first kappa shape index (κ1) is 18.4. The largest absolute Gasteiger partial charge is 0.388 e. The van der Waals surface area contributed by atoms with Crippen LogP contribution in [-0.2, 0) is 13.6 Å².